The van der Waals surface area contributed by atoms with Crippen molar-refractivity contribution in [2.75, 3.05) is 0 Å². The number of ketones is 1. The lowest BCUT2D eigenvalue weighted by Gasteiger charge is -2.16. The molecule has 0 radical (unpaired) electrons. The second-order valence-electron chi connectivity index (χ2n) is 2.83. The van der Waals surface area contributed by atoms with E-state index in [4.69, 9.17) is 5.11 Å². The molecule has 2 rings (SSSR count). The Kier molecular flexibility index (Phi) is 1.85. The topological polar surface area (TPSA) is 79.1 Å². The number of nitrogens with zero attached hydrogens (tertiary/aromatic N) is 2. The van der Waals surface area contributed by atoms with Gasteiger partial charge in [-0.05, 0) is 12.2 Å². The van der Waals surface area contributed by atoms with Gasteiger partial charge in [0.1, 0.15) is 5.57 Å². The van der Waals surface area contributed by atoms with Crippen LogP contribution >= 0.6 is 0 Å². The number of dihydropyridines is 1. The summed E-state index contributed by atoms with van der Waals surface area (Å²) in [6.45, 7) is 0. The number of carboxylic acids is 1. The van der Waals surface area contributed by atoms with Crippen LogP contribution in [0.25, 0.3) is 0 Å². The zero-order valence-electron chi connectivity index (χ0n) is 7.04. The number of carboxylic acid groups (broad SMARTS) is 1. The first-order valence-corrected chi connectivity index (χ1v) is 3.95. The molecule has 1 N–H and O–H groups in total. The molecule has 14 heavy (non-hydrogen) atoms. The van der Waals surface area contributed by atoms with E-state index < -0.39 is 17.8 Å². The molecule has 0 aromatic rings. The van der Waals surface area contributed by atoms with E-state index in [1.165, 1.54) is 6.21 Å². The predicted octanol–water partition coefficient (Wildman–Crippen LogP) is -0.0122. The van der Waals surface area contributed by atoms with Gasteiger partial charge in [0.25, 0.3) is 0 Å². The fraction of sp³-hybridized carbons (Fsp3) is 0.111. The Morgan fingerprint density at radius 2 is 2.29 bits per heavy atom. The molecule has 0 spiro atoms. The lowest BCUT2D eigenvalue weighted by Crippen LogP contribution is -2.34. The minimum atomic E-state index is -1.26. The number of hydrogen-bond acceptors (Lipinski definition) is 4. The normalized spacial score (nSPS) is 24.0. The minimum absolute atomic E-state index is 0.314. The summed E-state index contributed by atoms with van der Waals surface area (Å²) in [5, 5.41) is 8.67. The second-order valence-corrected chi connectivity index (χ2v) is 2.83. The lowest BCUT2D eigenvalue weighted by molar-refractivity contribution is -0.134. The highest BCUT2D eigenvalue weighted by atomic mass is 16.4. The minimum Gasteiger partial charge on any atom is -0.478 e. The van der Waals surface area contributed by atoms with Gasteiger partial charge < -0.3 is 5.11 Å². The average Bonchev–Trinajstić information content (AvgIpc) is 2.18. The van der Waals surface area contributed by atoms with Crippen LogP contribution in [0.15, 0.2) is 33.9 Å². The van der Waals surface area contributed by atoms with Gasteiger partial charge in [-0.25, -0.2) is 4.79 Å². The maximum Gasteiger partial charge on any atom is 0.341 e. The Morgan fingerprint density at radius 3 is 3.00 bits per heavy atom. The van der Waals surface area contributed by atoms with Crippen LogP contribution in [0, 0.1) is 0 Å². The number of fused-ring (bicyclic) bond motifs is 1. The molecule has 0 aromatic carbocycles. The van der Waals surface area contributed by atoms with Crippen molar-refractivity contribution in [3.8, 4) is 0 Å². The van der Waals surface area contributed by atoms with Crippen molar-refractivity contribution < 1.29 is 14.7 Å². The smallest absolute Gasteiger partial charge is 0.341 e. The lowest BCUT2D eigenvalue weighted by atomic mass is 9.97. The Bertz CT molecular complexity index is 429. The highest BCUT2D eigenvalue weighted by Gasteiger charge is 2.32. The summed E-state index contributed by atoms with van der Waals surface area (Å²) in [6.07, 6.45) is 5.83. The van der Waals surface area contributed by atoms with E-state index in [0.717, 1.165) is 6.20 Å². The van der Waals surface area contributed by atoms with Crippen LogP contribution in [0.1, 0.15) is 0 Å². The van der Waals surface area contributed by atoms with Crippen molar-refractivity contribution in [3.63, 3.8) is 0 Å². The van der Waals surface area contributed by atoms with Gasteiger partial charge in [0.05, 0.1) is 5.71 Å². The predicted molar refractivity (Wildman–Crippen MR) is 49.6 cm³/mol. The zero-order chi connectivity index (χ0) is 10.1. The third-order valence-electron chi connectivity index (χ3n) is 1.96. The molecule has 0 aromatic heterocycles. The van der Waals surface area contributed by atoms with Gasteiger partial charge in [0.2, 0.25) is 5.78 Å². The quantitative estimate of drug-likeness (QED) is 0.590. The van der Waals surface area contributed by atoms with E-state index in [9.17, 15) is 9.59 Å². The number of aliphatic carboxylic acids is 1. The number of hydrogen-bond donors (Lipinski definition) is 1. The third kappa shape index (κ3) is 1.19. The molecule has 70 valence electrons. The Hall–Kier alpha value is -2.04. The molecule has 1 atom stereocenters. The van der Waals surface area contributed by atoms with E-state index >= 15 is 0 Å². The summed E-state index contributed by atoms with van der Waals surface area (Å²) < 4.78 is 0. The molecule has 5 nitrogen and oxygen atoms in total. The molecule has 0 saturated heterocycles. The van der Waals surface area contributed by atoms with Gasteiger partial charge in [-0.15, -0.1) is 0 Å². The van der Waals surface area contributed by atoms with Crippen molar-refractivity contribution in [2.45, 2.75) is 6.04 Å². The average molecular weight is 190 g/mol. The highest BCUT2D eigenvalue weighted by Crippen LogP contribution is 2.15. The molecule has 2 heterocycles. The SMILES string of the molecule is O=C(O)C1=CN=C2C=CC=NC2C1=O. The van der Waals surface area contributed by atoms with Crippen LogP contribution in [0.3, 0.4) is 0 Å². The van der Waals surface area contributed by atoms with E-state index in [-0.39, 0.29) is 5.57 Å². The standard InChI is InChI=1S/C9H6N2O3/c12-8-5(9(13)14)4-11-6-2-1-3-10-7(6)8/h1-4,7H,(H,13,14). The maximum atomic E-state index is 11.5. The molecule has 5 heteroatoms. The number of carbonyl (C=O) groups excluding carboxylic acids is 1. The second kappa shape index (κ2) is 3.02. The molecule has 2 aliphatic rings. The summed E-state index contributed by atoms with van der Waals surface area (Å²) in [4.78, 5) is 29.9. The Morgan fingerprint density at radius 1 is 1.50 bits per heavy atom. The largest absolute Gasteiger partial charge is 0.478 e. The molecule has 0 bridgehead atoms. The van der Waals surface area contributed by atoms with E-state index in [1.807, 2.05) is 0 Å². The van der Waals surface area contributed by atoms with Crippen molar-refractivity contribution in [3.05, 3.63) is 23.9 Å². The summed E-state index contributed by atoms with van der Waals surface area (Å²) in [5.41, 5.74) is 0.175. The van der Waals surface area contributed by atoms with E-state index in [2.05, 4.69) is 9.98 Å². The fourth-order valence-corrected chi connectivity index (χ4v) is 1.27. The maximum absolute atomic E-state index is 11.5. The summed E-state index contributed by atoms with van der Waals surface area (Å²) >= 11 is 0. The van der Waals surface area contributed by atoms with E-state index in [0.29, 0.717) is 5.71 Å². The van der Waals surface area contributed by atoms with Gasteiger partial charge in [0.15, 0.2) is 6.04 Å². The van der Waals surface area contributed by atoms with Crippen molar-refractivity contribution in [1.82, 2.24) is 0 Å². The number of Topliss-reactive ketones (excluding diaryl/α,β-unsaturated/α-hetero) is 1. The fourth-order valence-electron chi connectivity index (χ4n) is 1.27. The van der Waals surface area contributed by atoms with Gasteiger partial charge in [-0.1, -0.05) is 0 Å². The molecular weight excluding hydrogens is 184 g/mol. The van der Waals surface area contributed by atoms with Crippen molar-refractivity contribution >= 4 is 23.7 Å². The molecule has 2 aliphatic heterocycles. The summed E-state index contributed by atoms with van der Waals surface area (Å²) in [5.74, 6) is -1.77. The monoisotopic (exact) mass is 190 g/mol. The third-order valence-corrected chi connectivity index (χ3v) is 1.96. The molecule has 0 fully saturated rings. The molecule has 0 saturated carbocycles. The van der Waals surface area contributed by atoms with Crippen molar-refractivity contribution in [2.24, 2.45) is 9.98 Å². The number of rotatable bonds is 1. The summed E-state index contributed by atoms with van der Waals surface area (Å²) in [7, 11) is 0. The first-order valence-electron chi connectivity index (χ1n) is 3.95. The molecule has 0 amide bonds. The molecule has 0 aliphatic carbocycles. The van der Waals surface area contributed by atoms with Gasteiger partial charge in [-0.3, -0.25) is 14.8 Å². The molecular formula is C9H6N2O3. The first-order chi connectivity index (χ1) is 6.70. The number of allylic oxidation sites excluding steroid dienone is 1. The molecule has 1 unspecified atom stereocenters. The van der Waals surface area contributed by atoms with Gasteiger partial charge >= 0.3 is 5.97 Å². The van der Waals surface area contributed by atoms with E-state index in [1.54, 1.807) is 12.2 Å². The Labute approximate surface area is 79.2 Å². The Balaban J connectivity index is 2.44. The number of aliphatic imine (C=N–C) groups is 2. The van der Waals surface area contributed by atoms with Crippen LogP contribution in [0.4, 0.5) is 0 Å². The van der Waals surface area contributed by atoms with Crippen LogP contribution in [0.5, 0.6) is 0 Å². The summed E-state index contributed by atoms with van der Waals surface area (Å²) in [6, 6.07) is -0.768. The zero-order valence-corrected chi connectivity index (χ0v) is 7.04. The van der Waals surface area contributed by atoms with Crippen LogP contribution in [0.2, 0.25) is 0 Å². The van der Waals surface area contributed by atoms with Crippen LogP contribution < -0.4 is 0 Å². The van der Waals surface area contributed by atoms with Crippen molar-refractivity contribution in [1.29, 1.82) is 0 Å². The van der Waals surface area contributed by atoms with Crippen LogP contribution in [-0.4, -0.2) is 34.8 Å². The van der Waals surface area contributed by atoms with Gasteiger partial charge in [0, 0.05) is 12.4 Å². The first kappa shape index (κ1) is 8.55. The number of carbonyl (C=O) groups is 2. The highest BCUT2D eigenvalue weighted by molar-refractivity contribution is 6.30. The van der Waals surface area contributed by atoms with Gasteiger partial charge in [-0.2, -0.15) is 0 Å². The van der Waals surface area contributed by atoms with Crippen LogP contribution in [-0.2, 0) is 9.59 Å².